The maximum Gasteiger partial charge on any atom is 0.282 e. The molecule has 1 amide bonds. The van der Waals surface area contributed by atoms with Crippen molar-refractivity contribution in [2.45, 2.75) is 0 Å². The fourth-order valence-electron chi connectivity index (χ4n) is 4.23. The first-order valence-electron chi connectivity index (χ1n) is 12.5. The molecule has 0 saturated carbocycles. The van der Waals surface area contributed by atoms with Crippen LogP contribution in [-0.2, 0) is 4.79 Å². The van der Waals surface area contributed by atoms with Gasteiger partial charge in [-0.05, 0) is 72.8 Å². The Morgan fingerprint density at radius 1 is 1.02 bits per heavy atom. The van der Waals surface area contributed by atoms with Crippen LogP contribution in [-0.4, -0.2) is 28.4 Å². The van der Waals surface area contributed by atoms with Crippen LogP contribution >= 0.6 is 11.6 Å². The number of carbonyl (C=O) groups is 1. The Morgan fingerprint density at radius 2 is 1.80 bits per heavy atom. The standard InChI is InChI=1S/C31H20ClFN4O4/c32-21-9-14-27-20(15-21)16-28(41-27)30-36-25-7-3-2-6-24(25)31(39)37(30)34-17-19-5-1-4-8-26(19)40-18-29(38)35-23-12-10-22(33)11-13-23/h1-17H,18H2,(H,35,38). The van der Waals surface area contributed by atoms with E-state index < -0.39 is 17.3 Å². The van der Waals surface area contributed by atoms with Crippen molar-refractivity contribution in [2.24, 2.45) is 5.10 Å². The second-order valence-corrected chi connectivity index (χ2v) is 9.42. The number of rotatable bonds is 7. The normalized spacial score (nSPS) is 11.4. The first kappa shape index (κ1) is 26.0. The number of ether oxygens (including phenoxy) is 1. The minimum atomic E-state index is -0.425. The van der Waals surface area contributed by atoms with Crippen LogP contribution in [0.5, 0.6) is 5.75 Å². The van der Waals surface area contributed by atoms with Crippen LogP contribution in [0.15, 0.2) is 111 Å². The van der Waals surface area contributed by atoms with Gasteiger partial charge in [0.1, 0.15) is 17.1 Å². The third-order valence-electron chi connectivity index (χ3n) is 6.17. The van der Waals surface area contributed by atoms with Gasteiger partial charge in [0.2, 0.25) is 5.82 Å². The summed E-state index contributed by atoms with van der Waals surface area (Å²) in [7, 11) is 0. The molecule has 202 valence electrons. The van der Waals surface area contributed by atoms with Crippen molar-refractivity contribution in [3.63, 3.8) is 0 Å². The Morgan fingerprint density at radius 3 is 2.66 bits per heavy atom. The summed E-state index contributed by atoms with van der Waals surface area (Å²) in [5.41, 5.74) is 1.65. The molecule has 0 saturated heterocycles. The molecule has 0 spiro atoms. The lowest BCUT2D eigenvalue weighted by atomic mass is 10.2. The summed E-state index contributed by atoms with van der Waals surface area (Å²) in [6, 6.07) is 26.3. The van der Waals surface area contributed by atoms with E-state index in [9.17, 15) is 14.0 Å². The number of hydrogen-bond acceptors (Lipinski definition) is 6. The van der Waals surface area contributed by atoms with Gasteiger partial charge in [-0.2, -0.15) is 9.78 Å². The summed E-state index contributed by atoms with van der Waals surface area (Å²) in [4.78, 5) is 30.6. The number of benzene rings is 4. The van der Waals surface area contributed by atoms with Crippen LogP contribution in [0, 0.1) is 5.82 Å². The van der Waals surface area contributed by atoms with Crippen molar-refractivity contribution in [1.82, 2.24) is 9.66 Å². The number of fused-ring (bicyclic) bond motifs is 2. The largest absolute Gasteiger partial charge is 0.483 e. The molecule has 6 aromatic rings. The summed E-state index contributed by atoms with van der Waals surface area (Å²) in [5.74, 6) is 0.0810. The van der Waals surface area contributed by atoms with E-state index >= 15 is 0 Å². The Labute approximate surface area is 237 Å². The van der Waals surface area contributed by atoms with Crippen molar-refractivity contribution in [1.29, 1.82) is 0 Å². The van der Waals surface area contributed by atoms with Gasteiger partial charge in [-0.3, -0.25) is 9.59 Å². The van der Waals surface area contributed by atoms with Crippen molar-refractivity contribution in [3.05, 3.63) is 124 Å². The number of carbonyl (C=O) groups excluding carboxylic acids is 1. The lowest BCUT2D eigenvalue weighted by Gasteiger charge is -2.10. The number of amides is 1. The summed E-state index contributed by atoms with van der Waals surface area (Å²) < 4.78 is 26.0. The molecule has 4 aromatic carbocycles. The molecule has 0 unspecified atom stereocenters. The summed E-state index contributed by atoms with van der Waals surface area (Å²) in [5, 5.41) is 8.80. The first-order chi connectivity index (χ1) is 19.9. The van der Waals surface area contributed by atoms with Gasteiger partial charge in [0.15, 0.2) is 12.4 Å². The van der Waals surface area contributed by atoms with Crippen LogP contribution in [0.4, 0.5) is 10.1 Å². The molecular weight excluding hydrogens is 547 g/mol. The third kappa shape index (κ3) is 5.57. The van der Waals surface area contributed by atoms with Gasteiger partial charge < -0.3 is 14.5 Å². The number of nitrogens with one attached hydrogen (secondary N) is 1. The summed E-state index contributed by atoms with van der Waals surface area (Å²) >= 11 is 6.15. The van der Waals surface area contributed by atoms with Gasteiger partial charge in [0, 0.05) is 21.7 Å². The van der Waals surface area contributed by atoms with Crippen LogP contribution < -0.4 is 15.6 Å². The lowest BCUT2D eigenvalue weighted by molar-refractivity contribution is -0.118. The van der Waals surface area contributed by atoms with E-state index in [0.717, 1.165) is 5.39 Å². The second-order valence-electron chi connectivity index (χ2n) is 8.99. The molecule has 2 aromatic heterocycles. The maximum atomic E-state index is 13.5. The number of furan rings is 1. The summed E-state index contributed by atoms with van der Waals surface area (Å²) in [6.45, 7) is -0.299. The molecule has 8 nitrogen and oxygen atoms in total. The molecule has 2 heterocycles. The maximum absolute atomic E-state index is 13.5. The van der Waals surface area contributed by atoms with Crippen LogP contribution in [0.25, 0.3) is 33.5 Å². The third-order valence-corrected chi connectivity index (χ3v) is 6.41. The number of para-hydroxylation sites is 2. The van der Waals surface area contributed by atoms with Crippen LogP contribution in [0.1, 0.15) is 5.56 Å². The molecule has 0 aliphatic heterocycles. The van der Waals surface area contributed by atoms with Crippen LogP contribution in [0.2, 0.25) is 5.02 Å². The Kier molecular flexibility index (Phi) is 7.01. The molecule has 0 aliphatic rings. The molecular formula is C31H20ClFN4O4. The molecule has 1 N–H and O–H groups in total. The van der Waals surface area contributed by atoms with E-state index in [1.807, 2.05) is 0 Å². The van der Waals surface area contributed by atoms with E-state index in [-0.39, 0.29) is 12.4 Å². The van der Waals surface area contributed by atoms with Gasteiger partial charge in [-0.25, -0.2) is 9.37 Å². The molecule has 0 aliphatic carbocycles. The number of halogens is 2. The van der Waals surface area contributed by atoms with E-state index in [4.69, 9.17) is 20.8 Å². The highest BCUT2D eigenvalue weighted by Gasteiger charge is 2.17. The van der Waals surface area contributed by atoms with E-state index in [0.29, 0.717) is 44.3 Å². The number of anilines is 1. The summed E-state index contributed by atoms with van der Waals surface area (Å²) in [6.07, 6.45) is 1.45. The van der Waals surface area contributed by atoms with Gasteiger partial charge in [0.05, 0.1) is 17.1 Å². The van der Waals surface area contributed by atoms with Gasteiger partial charge in [-0.15, -0.1) is 0 Å². The smallest absolute Gasteiger partial charge is 0.282 e. The average molecular weight is 567 g/mol. The lowest BCUT2D eigenvalue weighted by Crippen LogP contribution is -2.21. The number of aromatic nitrogens is 2. The molecule has 6 rings (SSSR count). The molecule has 0 fully saturated rings. The SMILES string of the molecule is O=C(COc1ccccc1C=Nn1c(-c2cc3cc(Cl)ccc3o2)nc2ccccc2c1=O)Nc1ccc(F)cc1. The highest BCUT2D eigenvalue weighted by molar-refractivity contribution is 6.31. The Bertz CT molecular complexity index is 2000. The highest BCUT2D eigenvalue weighted by atomic mass is 35.5. The zero-order valence-electron chi connectivity index (χ0n) is 21.3. The monoisotopic (exact) mass is 566 g/mol. The average Bonchev–Trinajstić information content (AvgIpc) is 3.40. The predicted molar refractivity (Wildman–Crippen MR) is 156 cm³/mol. The zero-order valence-corrected chi connectivity index (χ0v) is 22.0. The predicted octanol–water partition coefficient (Wildman–Crippen LogP) is 6.50. The van der Waals surface area contributed by atoms with Crippen molar-refractivity contribution in [2.75, 3.05) is 11.9 Å². The van der Waals surface area contributed by atoms with Crippen molar-refractivity contribution >= 4 is 51.3 Å². The molecule has 0 atom stereocenters. The van der Waals surface area contributed by atoms with Gasteiger partial charge in [-0.1, -0.05) is 35.9 Å². The van der Waals surface area contributed by atoms with E-state index in [1.54, 1.807) is 72.8 Å². The molecule has 0 radical (unpaired) electrons. The topological polar surface area (TPSA) is 98.7 Å². The second kappa shape index (κ2) is 11.1. The zero-order chi connectivity index (χ0) is 28.3. The molecule has 10 heteroatoms. The Hall–Kier alpha value is -5.28. The van der Waals surface area contributed by atoms with Crippen molar-refractivity contribution in [3.8, 4) is 17.3 Å². The molecule has 0 bridgehead atoms. The van der Waals surface area contributed by atoms with Crippen molar-refractivity contribution < 1.29 is 18.3 Å². The van der Waals surface area contributed by atoms with E-state index in [1.165, 1.54) is 35.2 Å². The van der Waals surface area contributed by atoms with Crippen LogP contribution in [0.3, 0.4) is 0 Å². The fraction of sp³-hybridized carbons (Fsp3) is 0.0323. The molecule has 41 heavy (non-hydrogen) atoms. The number of hydrogen-bond donors (Lipinski definition) is 1. The van der Waals surface area contributed by atoms with Gasteiger partial charge in [0.25, 0.3) is 11.5 Å². The number of nitrogens with zero attached hydrogens (tertiary/aromatic N) is 3. The highest BCUT2D eigenvalue weighted by Crippen LogP contribution is 2.29. The minimum Gasteiger partial charge on any atom is -0.483 e. The van der Waals surface area contributed by atoms with Gasteiger partial charge >= 0.3 is 0 Å². The van der Waals surface area contributed by atoms with E-state index in [2.05, 4.69) is 15.4 Å². The quantitative estimate of drug-likeness (QED) is 0.222. The Balaban J connectivity index is 1.33. The fourth-order valence-corrected chi connectivity index (χ4v) is 4.41. The first-order valence-corrected chi connectivity index (χ1v) is 12.9. The minimum absolute atomic E-state index is 0.203.